The lowest BCUT2D eigenvalue weighted by Gasteiger charge is -2.14. The van der Waals surface area contributed by atoms with Crippen molar-refractivity contribution < 1.29 is 4.39 Å². The average molecular weight is 292 g/mol. The first kappa shape index (κ1) is 15.0. The number of nitrogens with one attached hydrogen (secondary N) is 1. The Balaban J connectivity index is 0.00000147. The van der Waals surface area contributed by atoms with Crippen molar-refractivity contribution in [1.29, 1.82) is 0 Å². The van der Waals surface area contributed by atoms with Crippen LogP contribution in [0.5, 0.6) is 0 Å². The lowest BCUT2D eigenvalue weighted by molar-refractivity contribution is 0.631. The van der Waals surface area contributed by atoms with E-state index in [0.29, 0.717) is 11.5 Å². The lowest BCUT2D eigenvalue weighted by atomic mass is 9.91. The quantitative estimate of drug-likeness (QED) is 0.832. The summed E-state index contributed by atoms with van der Waals surface area (Å²) in [7, 11) is 0. The molecule has 1 aliphatic heterocycles. The van der Waals surface area contributed by atoms with Crippen molar-refractivity contribution in [3.05, 3.63) is 59.4 Å². The third kappa shape index (κ3) is 2.87. The minimum Gasteiger partial charge on any atom is -0.316 e. The molecule has 0 bridgehead atoms. The summed E-state index contributed by atoms with van der Waals surface area (Å²) in [5.41, 5.74) is 4.41. The second-order valence-electron chi connectivity index (χ2n) is 5.25. The number of hydrogen-bond acceptors (Lipinski definition) is 1. The second kappa shape index (κ2) is 6.38. The van der Waals surface area contributed by atoms with Gasteiger partial charge < -0.3 is 5.32 Å². The van der Waals surface area contributed by atoms with E-state index in [4.69, 9.17) is 0 Å². The fraction of sp³-hybridized carbons (Fsp3) is 0.294. The van der Waals surface area contributed by atoms with Crippen molar-refractivity contribution in [1.82, 2.24) is 5.32 Å². The van der Waals surface area contributed by atoms with Gasteiger partial charge >= 0.3 is 0 Å². The van der Waals surface area contributed by atoms with Gasteiger partial charge in [0.15, 0.2) is 0 Å². The predicted molar refractivity (Wildman–Crippen MR) is 84.1 cm³/mol. The summed E-state index contributed by atoms with van der Waals surface area (Å²) in [6, 6.07) is 13.3. The molecule has 0 radical (unpaired) electrons. The van der Waals surface area contributed by atoms with Gasteiger partial charge in [0.2, 0.25) is 0 Å². The minimum atomic E-state index is -0.151. The first-order chi connectivity index (χ1) is 9.25. The zero-order valence-electron chi connectivity index (χ0n) is 11.5. The van der Waals surface area contributed by atoms with Gasteiger partial charge in [-0.3, -0.25) is 0 Å². The van der Waals surface area contributed by atoms with Crippen molar-refractivity contribution in [2.75, 3.05) is 13.1 Å². The Hall–Kier alpha value is -1.38. The largest absolute Gasteiger partial charge is 0.316 e. The summed E-state index contributed by atoms with van der Waals surface area (Å²) in [6.07, 6.45) is 1.05. The number of fused-ring (bicyclic) bond motifs is 1. The Bertz CT molecular complexity index is 597. The Kier molecular flexibility index (Phi) is 4.79. The van der Waals surface area contributed by atoms with Crippen molar-refractivity contribution >= 4 is 12.4 Å². The maximum absolute atomic E-state index is 13.9. The summed E-state index contributed by atoms with van der Waals surface area (Å²) in [5.74, 6) is 0.325. The van der Waals surface area contributed by atoms with Crippen LogP contribution in [0, 0.1) is 5.82 Å². The van der Waals surface area contributed by atoms with Gasteiger partial charge in [-0.05, 0) is 41.6 Å². The number of halogens is 2. The SMILES string of the molecule is C[C@@H]1CNCCc2ccc(-c3ccccc3F)cc21.Cl. The molecule has 0 aliphatic carbocycles. The fourth-order valence-electron chi connectivity index (χ4n) is 2.80. The van der Waals surface area contributed by atoms with Crippen molar-refractivity contribution in [3.8, 4) is 11.1 Å². The third-order valence-electron chi connectivity index (χ3n) is 3.88. The maximum atomic E-state index is 13.9. The Labute approximate surface area is 125 Å². The molecule has 3 rings (SSSR count). The zero-order valence-corrected chi connectivity index (χ0v) is 12.3. The van der Waals surface area contributed by atoms with Crippen molar-refractivity contribution in [3.63, 3.8) is 0 Å². The highest BCUT2D eigenvalue weighted by Gasteiger charge is 2.15. The van der Waals surface area contributed by atoms with Gasteiger partial charge in [0.05, 0.1) is 0 Å². The average Bonchev–Trinajstić information content (AvgIpc) is 2.61. The van der Waals surface area contributed by atoms with Gasteiger partial charge in [0, 0.05) is 12.1 Å². The Morgan fingerprint density at radius 1 is 1.15 bits per heavy atom. The molecule has 1 N–H and O–H groups in total. The highest BCUT2D eigenvalue weighted by atomic mass is 35.5. The molecule has 0 spiro atoms. The van der Waals surface area contributed by atoms with Crippen LogP contribution in [-0.4, -0.2) is 13.1 Å². The summed E-state index contributed by atoms with van der Waals surface area (Å²) in [6.45, 7) is 4.24. The molecule has 1 heterocycles. The fourth-order valence-corrected chi connectivity index (χ4v) is 2.80. The zero-order chi connectivity index (χ0) is 13.2. The second-order valence-corrected chi connectivity index (χ2v) is 5.25. The van der Waals surface area contributed by atoms with Crippen LogP contribution in [-0.2, 0) is 6.42 Å². The van der Waals surface area contributed by atoms with Crippen LogP contribution in [0.25, 0.3) is 11.1 Å². The number of hydrogen-bond donors (Lipinski definition) is 1. The van der Waals surface area contributed by atoms with Gasteiger partial charge in [-0.15, -0.1) is 12.4 Å². The van der Waals surface area contributed by atoms with Crippen LogP contribution >= 0.6 is 12.4 Å². The van der Waals surface area contributed by atoms with E-state index in [0.717, 1.165) is 25.1 Å². The van der Waals surface area contributed by atoms with Crippen molar-refractivity contribution in [2.24, 2.45) is 0 Å². The molecule has 0 saturated heterocycles. The van der Waals surface area contributed by atoms with Gasteiger partial charge in [0.1, 0.15) is 5.82 Å². The Morgan fingerprint density at radius 2 is 1.95 bits per heavy atom. The van der Waals surface area contributed by atoms with Crippen LogP contribution in [0.3, 0.4) is 0 Å². The topological polar surface area (TPSA) is 12.0 Å². The van der Waals surface area contributed by atoms with Crippen LogP contribution in [0.2, 0.25) is 0 Å². The summed E-state index contributed by atoms with van der Waals surface area (Å²) >= 11 is 0. The standard InChI is InChI=1S/C17H18FN.ClH/c1-12-11-19-9-8-13-6-7-14(10-16(12)13)15-4-2-3-5-17(15)18;/h2-7,10,12,19H,8-9,11H2,1H3;1H/t12-;/m1./s1. The molecule has 1 aliphatic rings. The Morgan fingerprint density at radius 3 is 2.75 bits per heavy atom. The molecule has 106 valence electrons. The molecule has 2 aromatic carbocycles. The van der Waals surface area contributed by atoms with Crippen molar-refractivity contribution in [2.45, 2.75) is 19.3 Å². The summed E-state index contributed by atoms with van der Waals surface area (Å²) in [5, 5.41) is 3.44. The maximum Gasteiger partial charge on any atom is 0.131 e. The summed E-state index contributed by atoms with van der Waals surface area (Å²) in [4.78, 5) is 0. The molecule has 1 nitrogen and oxygen atoms in total. The molecule has 2 aromatic rings. The molecule has 20 heavy (non-hydrogen) atoms. The van der Waals surface area contributed by atoms with Crippen LogP contribution in [0.15, 0.2) is 42.5 Å². The first-order valence-electron chi connectivity index (χ1n) is 6.84. The minimum absolute atomic E-state index is 0. The first-order valence-corrected chi connectivity index (χ1v) is 6.84. The molecular formula is C17H19ClFN. The molecule has 1 atom stereocenters. The molecular weight excluding hydrogens is 273 g/mol. The molecule has 0 aromatic heterocycles. The van der Waals surface area contributed by atoms with Gasteiger partial charge in [0.25, 0.3) is 0 Å². The highest BCUT2D eigenvalue weighted by Crippen LogP contribution is 2.29. The molecule has 0 fully saturated rings. The molecule has 0 saturated carbocycles. The predicted octanol–water partition coefficient (Wildman–Crippen LogP) is 4.16. The van der Waals surface area contributed by atoms with Gasteiger partial charge in [-0.1, -0.05) is 43.3 Å². The van der Waals surface area contributed by atoms with E-state index < -0.39 is 0 Å². The normalized spacial score (nSPS) is 17.8. The third-order valence-corrected chi connectivity index (χ3v) is 3.88. The highest BCUT2D eigenvalue weighted by molar-refractivity contribution is 5.85. The van der Waals surface area contributed by atoms with E-state index >= 15 is 0 Å². The molecule has 3 heteroatoms. The molecule has 0 unspecified atom stereocenters. The van der Waals surface area contributed by atoms with E-state index in [9.17, 15) is 4.39 Å². The monoisotopic (exact) mass is 291 g/mol. The van der Waals surface area contributed by atoms with E-state index in [1.807, 2.05) is 18.2 Å². The summed E-state index contributed by atoms with van der Waals surface area (Å²) < 4.78 is 13.9. The van der Waals surface area contributed by atoms with Crippen LogP contribution in [0.1, 0.15) is 24.0 Å². The smallest absolute Gasteiger partial charge is 0.131 e. The van der Waals surface area contributed by atoms with Crippen LogP contribution < -0.4 is 5.32 Å². The lowest BCUT2D eigenvalue weighted by Crippen LogP contribution is -2.18. The van der Waals surface area contributed by atoms with Crippen LogP contribution in [0.4, 0.5) is 4.39 Å². The van der Waals surface area contributed by atoms with E-state index in [-0.39, 0.29) is 18.2 Å². The van der Waals surface area contributed by atoms with Gasteiger partial charge in [-0.25, -0.2) is 4.39 Å². The molecule has 0 amide bonds. The van der Waals surface area contributed by atoms with E-state index in [1.165, 1.54) is 17.2 Å². The van der Waals surface area contributed by atoms with E-state index in [2.05, 4.69) is 24.4 Å². The van der Waals surface area contributed by atoms with E-state index in [1.54, 1.807) is 6.07 Å². The number of rotatable bonds is 1. The number of benzene rings is 2. The van der Waals surface area contributed by atoms with Gasteiger partial charge in [-0.2, -0.15) is 0 Å².